The van der Waals surface area contributed by atoms with Crippen LogP contribution in [0.5, 0.6) is 0 Å². The number of nitriles is 1. The fourth-order valence-electron chi connectivity index (χ4n) is 1.47. The number of amides is 1. The summed E-state index contributed by atoms with van der Waals surface area (Å²) in [5.41, 5.74) is 0.260. The smallest absolute Gasteiger partial charge is 0.270 e. The zero-order valence-electron chi connectivity index (χ0n) is 9.79. The number of carbonyl (C=O) groups excluding carboxylic acids is 1. The number of hydrogen-bond acceptors (Lipinski definition) is 5. The average molecular weight is 308 g/mol. The molecular formula is C12H6ClN3O3S. The summed E-state index contributed by atoms with van der Waals surface area (Å²) in [6.07, 6.45) is 0. The molecular weight excluding hydrogens is 302 g/mol. The van der Waals surface area contributed by atoms with Crippen LogP contribution >= 0.6 is 22.9 Å². The quantitative estimate of drug-likeness (QED) is 0.694. The molecule has 0 saturated carbocycles. The number of carbonyl (C=O) groups is 1. The molecule has 8 heteroatoms. The largest absolute Gasteiger partial charge is 0.312 e. The Morgan fingerprint density at radius 3 is 2.80 bits per heavy atom. The van der Waals surface area contributed by atoms with Crippen molar-refractivity contribution in [1.82, 2.24) is 0 Å². The molecule has 0 bridgehead atoms. The molecule has 0 aliphatic rings. The Morgan fingerprint density at radius 1 is 1.45 bits per heavy atom. The summed E-state index contributed by atoms with van der Waals surface area (Å²) in [5.74, 6) is -0.524. The number of nitro groups is 1. The second-order valence-corrected chi connectivity index (χ2v) is 4.97. The van der Waals surface area contributed by atoms with Crippen LogP contribution in [0.3, 0.4) is 0 Å². The molecule has 100 valence electrons. The molecule has 0 atom stereocenters. The lowest BCUT2D eigenvalue weighted by atomic mass is 10.2. The van der Waals surface area contributed by atoms with Gasteiger partial charge in [0.1, 0.15) is 11.1 Å². The Bertz CT molecular complexity index is 736. The van der Waals surface area contributed by atoms with Crippen LogP contribution in [0, 0.1) is 21.4 Å². The van der Waals surface area contributed by atoms with E-state index >= 15 is 0 Å². The van der Waals surface area contributed by atoms with Crippen LogP contribution in [-0.2, 0) is 0 Å². The van der Waals surface area contributed by atoms with Crippen molar-refractivity contribution in [2.45, 2.75) is 0 Å². The number of benzene rings is 1. The lowest BCUT2D eigenvalue weighted by Gasteiger charge is -2.05. The summed E-state index contributed by atoms with van der Waals surface area (Å²) in [6, 6.07) is 7.10. The molecule has 0 saturated heterocycles. The zero-order valence-corrected chi connectivity index (χ0v) is 11.4. The molecule has 1 aromatic carbocycles. The van der Waals surface area contributed by atoms with Crippen LogP contribution in [0.4, 0.5) is 10.7 Å². The molecule has 0 unspecified atom stereocenters. The van der Waals surface area contributed by atoms with Crippen molar-refractivity contribution in [3.05, 3.63) is 55.9 Å². The van der Waals surface area contributed by atoms with Gasteiger partial charge < -0.3 is 5.32 Å². The van der Waals surface area contributed by atoms with E-state index in [9.17, 15) is 14.9 Å². The van der Waals surface area contributed by atoms with Gasteiger partial charge in [0.15, 0.2) is 0 Å². The molecule has 0 fully saturated rings. The average Bonchev–Trinajstić information content (AvgIpc) is 2.85. The molecule has 0 aliphatic heterocycles. The second kappa shape index (κ2) is 5.69. The molecule has 1 amide bonds. The van der Waals surface area contributed by atoms with E-state index in [4.69, 9.17) is 16.9 Å². The van der Waals surface area contributed by atoms with Crippen molar-refractivity contribution >= 4 is 39.5 Å². The Balaban J connectivity index is 2.26. The first-order valence-electron chi connectivity index (χ1n) is 5.26. The van der Waals surface area contributed by atoms with E-state index in [2.05, 4.69) is 5.32 Å². The highest BCUT2D eigenvalue weighted by atomic mass is 35.5. The van der Waals surface area contributed by atoms with E-state index in [-0.39, 0.29) is 16.3 Å². The lowest BCUT2D eigenvalue weighted by Crippen LogP contribution is -2.12. The first-order valence-corrected chi connectivity index (χ1v) is 6.51. The van der Waals surface area contributed by atoms with E-state index in [1.807, 2.05) is 6.07 Å². The van der Waals surface area contributed by atoms with Gasteiger partial charge in [0.25, 0.3) is 11.6 Å². The van der Waals surface area contributed by atoms with E-state index in [0.717, 1.165) is 6.07 Å². The summed E-state index contributed by atoms with van der Waals surface area (Å²) in [4.78, 5) is 22.0. The van der Waals surface area contributed by atoms with Gasteiger partial charge in [0.2, 0.25) is 0 Å². The normalized spacial score (nSPS) is 9.80. The van der Waals surface area contributed by atoms with E-state index in [1.54, 1.807) is 11.4 Å². The maximum atomic E-state index is 12.0. The fraction of sp³-hybridized carbons (Fsp3) is 0. The van der Waals surface area contributed by atoms with Crippen LogP contribution in [-0.4, -0.2) is 10.8 Å². The molecule has 0 aliphatic carbocycles. The Labute approximate surface area is 122 Å². The second-order valence-electron chi connectivity index (χ2n) is 3.65. The number of halogens is 1. The number of nitro benzene ring substituents is 1. The molecule has 2 aromatic rings. The number of rotatable bonds is 3. The van der Waals surface area contributed by atoms with Gasteiger partial charge in [-0.3, -0.25) is 14.9 Å². The van der Waals surface area contributed by atoms with Gasteiger partial charge in [-0.2, -0.15) is 5.26 Å². The third-order valence-corrected chi connectivity index (χ3v) is 3.56. The van der Waals surface area contributed by atoms with Crippen molar-refractivity contribution in [3.63, 3.8) is 0 Å². The van der Waals surface area contributed by atoms with Crippen molar-refractivity contribution in [1.29, 1.82) is 5.26 Å². The minimum absolute atomic E-state index is 0.0215. The number of hydrogen-bond donors (Lipinski definition) is 1. The number of non-ortho nitro benzene ring substituents is 1. The van der Waals surface area contributed by atoms with E-state index < -0.39 is 10.8 Å². The van der Waals surface area contributed by atoms with Crippen molar-refractivity contribution < 1.29 is 9.72 Å². The maximum Gasteiger partial charge on any atom is 0.270 e. The fourth-order valence-corrected chi connectivity index (χ4v) is 2.46. The Kier molecular flexibility index (Phi) is 3.98. The maximum absolute atomic E-state index is 12.0. The molecule has 20 heavy (non-hydrogen) atoms. The molecule has 0 spiro atoms. The van der Waals surface area contributed by atoms with Crippen molar-refractivity contribution in [2.24, 2.45) is 0 Å². The van der Waals surface area contributed by atoms with E-state index in [0.29, 0.717) is 10.6 Å². The first kappa shape index (κ1) is 14.0. The summed E-state index contributed by atoms with van der Waals surface area (Å²) in [7, 11) is 0. The van der Waals surface area contributed by atoms with Crippen LogP contribution in [0.2, 0.25) is 5.02 Å². The monoisotopic (exact) mass is 307 g/mol. The standard InChI is InChI=1S/C12H6ClN3O3S/c13-10-5-8(16(18)19)1-2-9(10)11(17)15-12-7(6-14)3-4-20-12/h1-5H,(H,15,17). The first-order chi connectivity index (χ1) is 9.52. The minimum atomic E-state index is -0.597. The zero-order chi connectivity index (χ0) is 14.7. The molecule has 2 rings (SSSR count). The molecule has 1 N–H and O–H groups in total. The van der Waals surface area contributed by atoms with Gasteiger partial charge in [-0.15, -0.1) is 11.3 Å². The molecule has 1 aromatic heterocycles. The SMILES string of the molecule is N#Cc1ccsc1NC(=O)c1ccc([N+](=O)[O-])cc1Cl. The Hall–Kier alpha value is -2.43. The number of nitrogens with zero attached hydrogens (tertiary/aromatic N) is 2. The number of thiophene rings is 1. The van der Waals surface area contributed by atoms with Crippen LogP contribution < -0.4 is 5.32 Å². The van der Waals surface area contributed by atoms with Gasteiger partial charge in [-0.05, 0) is 17.5 Å². The molecule has 6 nitrogen and oxygen atoms in total. The van der Waals surface area contributed by atoms with Crippen LogP contribution in [0.25, 0.3) is 0 Å². The highest BCUT2D eigenvalue weighted by molar-refractivity contribution is 7.14. The number of nitrogens with one attached hydrogen (secondary N) is 1. The van der Waals surface area contributed by atoms with Crippen LogP contribution in [0.15, 0.2) is 29.6 Å². The molecule has 1 heterocycles. The van der Waals surface area contributed by atoms with Gasteiger partial charge in [0, 0.05) is 12.1 Å². The van der Waals surface area contributed by atoms with Gasteiger partial charge in [0.05, 0.1) is 21.1 Å². The summed E-state index contributed by atoms with van der Waals surface area (Å²) < 4.78 is 0. The third-order valence-electron chi connectivity index (χ3n) is 2.42. The highest BCUT2D eigenvalue weighted by Crippen LogP contribution is 2.26. The predicted octanol–water partition coefficient (Wildman–Crippen LogP) is 3.43. The predicted molar refractivity (Wildman–Crippen MR) is 75.1 cm³/mol. The summed E-state index contributed by atoms with van der Waals surface area (Å²) in [5, 5.41) is 24.0. The summed E-state index contributed by atoms with van der Waals surface area (Å²) >= 11 is 7.06. The van der Waals surface area contributed by atoms with Crippen molar-refractivity contribution in [2.75, 3.05) is 5.32 Å². The molecule has 0 radical (unpaired) electrons. The van der Waals surface area contributed by atoms with Crippen LogP contribution in [0.1, 0.15) is 15.9 Å². The lowest BCUT2D eigenvalue weighted by molar-refractivity contribution is -0.384. The highest BCUT2D eigenvalue weighted by Gasteiger charge is 2.16. The van der Waals surface area contributed by atoms with Gasteiger partial charge >= 0.3 is 0 Å². The van der Waals surface area contributed by atoms with Gasteiger partial charge in [-0.1, -0.05) is 11.6 Å². The Morgan fingerprint density at radius 2 is 2.20 bits per heavy atom. The van der Waals surface area contributed by atoms with E-state index in [1.165, 1.54) is 23.5 Å². The minimum Gasteiger partial charge on any atom is -0.312 e. The third kappa shape index (κ3) is 2.77. The summed E-state index contributed by atoms with van der Waals surface area (Å²) in [6.45, 7) is 0. The van der Waals surface area contributed by atoms with Gasteiger partial charge in [-0.25, -0.2) is 0 Å². The van der Waals surface area contributed by atoms with Crippen molar-refractivity contribution in [3.8, 4) is 6.07 Å². The number of anilines is 1. The topological polar surface area (TPSA) is 96.0 Å².